The lowest BCUT2D eigenvalue weighted by atomic mass is 9.72. The number of rotatable bonds is 3. The third kappa shape index (κ3) is 3.48. The molecule has 0 aromatic rings. The molecule has 0 saturated heterocycles. The molecule has 0 nitrogen and oxygen atoms in total. The van der Waals surface area contributed by atoms with E-state index < -0.39 is 0 Å². The summed E-state index contributed by atoms with van der Waals surface area (Å²) in [6, 6.07) is 0. The van der Waals surface area contributed by atoms with Gasteiger partial charge >= 0.3 is 0 Å². The van der Waals surface area contributed by atoms with Crippen LogP contribution in [0.2, 0.25) is 0 Å². The second-order valence-corrected chi connectivity index (χ2v) is 10.5. The SMILES string of the molecule is [SiH3]C1=C(C2CCCCC2)C(C2CCCCC2)=C(C2CCCCC2)C1. The van der Waals surface area contributed by atoms with Gasteiger partial charge in [-0.25, -0.2) is 0 Å². The molecular weight excluding hydrogens is 304 g/mol. The Morgan fingerprint density at radius 2 is 0.917 bits per heavy atom. The number of allylic oxidation sites excluding steroid dienone is 4. The zero-order valence-corrected chi connectivity index (χ0v) is 18.0. The van der Waals surface area contributed by atoms with Crippen LogP contribution in [0, 0.1) is 17.8 Å². The Kier molecular flexibility index (Phi) is 5.66. The fraction of sp³-hybridized carbons (Fsp3) is 0.826. The van der Waals surface area contributed by atoms with Crippen LogP contribution in [0.3, 0.4) is 0 Å². The molecule has 4 aliphatic rings. The maximum Gasteiger partial charge on any atom is 0.0341 e. The van der Waals surface area contributed by atoms with E-state index in [1.165, 1.54) is 113 Å². The van der Waals surface area contributed by atoms with Crippen molar-refractivity contribution >= 4 is 10.2 Å². The Bertz CT molecular complexity index is 494. The Labute approximate surface area is 153 Å². The maximum absolute atomic E-state index is 2.00. The van der Waals surface area contributed by atoms with Gasteiger partial charge in [0.2, 0.25) is 0 Å². The van der Waals surface area contributed by atoms with Crippen molar-refractivity contribution in [2.24, 2.45) is 17.8 Å². The van der Waals surface area contributed by atoms with Crippen LogP contribution in [0.4, 0.5) is 0 Å². The molecule has 0 N–H and O–H groups in total. The van der Waals surface area contributed by atoms with Gasteiger partial charge in [0.05, 0.1) is 0 Å². The van der Waals surface area contributed by atoms with Crippen molar-refractivity contribution in [2.75, 3.05) is 0 Å². The van der Waals surface area contributed by atoms with E-state index in [0.29, 0.717) is 0 Å². The van der Waals surface area contributed by atoms with Gasteiger partial charge in [-0.15, -0.1) is 0 Å². The minimum Gasteiger partial charge on any atom is -0.0841 e. The predicted octanol–water partition coefficient (Wildman–Crippen LogP) is 6.05. The molecule has 0 amide bonds. The third-order valence-corrected chi connectivity index (χ3v) is 8.57. The average Bonchev–Trinajstić information content (AvgIpc) is 3.01. The first-order chi connectivity index (χ1) is 11.8. The van der Waals surface area contributed by atoms with E-state index in [9.17, 15) is 0 Å². The summed E-state index contributed by atoms with van der Waals surface area (Å²) >= 11 is 0. The average molecular weight is 343 g/mol. The first-order valence-corrected chi connectivity index (χ1v) is 12.3. The van der Waals surface area contributed by atoms with Crippen molar-refractivity contribution in [3.05, 3.63) is 21.9 Å². The van der Waals surface area contributed by atoms with Gasteiger partial charge in [0, 0.05) is 10.2 Å². The summed E-state index contributed by atoms with van der Waals surface area (Å²) in [6.45, 7) is 0. The number of hydrogen-bond acceptors (Lipinski definition) is 0. The van der Waals surface area contributed by atoms with E-state index in [1.807, 2.05) is 21.9 Å². The zero-order valence-electron chi connectivity index (χ0n) is 16.0. The van der Waals surface area contributed by atoms with Crippen molar-refractivity contribution in [3.63, 3.8) is 0 Å². The Morgan fingerprint density at radius 3 is 1.42 bits per heavy atom. The molecule has 1 heteroatoms. The van der Waals surface area contributed by atoms with Crippen molar-refractivity contribution in [2.45, 2.75) is 103 Å². The van der Waals surface area contributed by atoms with Crippen LogP contribution in [0.1, 0.15) is 103 Å². The van der Waals surface area contributed by atoms with Gasteiger partial charge in [-0.2, -0.15) is 0 Å². The fourth-order valence-corrected chi connectivity index (χ4v) is 7.59. The molecule has 0 radical (unpaired) electrons. The van der Waals surface area contributed by atoms with Gasteiger partial charge in [-0.05, 0) is 73.8 Å². The van der Waals surface area contributed by atoms with E-state index in [-0.39, 0.29) is 0 Å². The van der Waals surface area contributed by atoms with Gasteiger partial charge in [0.25, 0.3) is 0 Å². The van der Waals surface area contributed by atoms with E-state index in [1.54, 1.807) is 0 Å². The maximum atomic E-state index is 2.00. The minimum absolute atomic E-state index is 0.957. The minimum atomic E-state index is 0.957. The molecule has 0 aromatic carbocycles. The molecule has 3 saturated carbocycles. The lowest BCUT2D eigenvalue weighted by Gasteiger charge is -2.34. The third-order valence-electron chi connectivity index (χ3n) is 7.68. The molecule has 24 heavy (non-hydrogen) atoms. The molecule has 4 aliphatic carbocycles. The van der Waals surface area contributed by atoms with Crippen LogP contribution in [0.15, 0.2) is 21.9 Å². The Hall–Kier alpha value is -0.303. The van der Waals surface area contributed by atoms with Crippen LogP contribution in [-0.4, -0.2) is 10.2 Å². The highest BCUT2D eigenvalue weighted by Crippen LogP contribution is 2.50. The molecule has 0 aromatic heterocycles. The molecular formula is C23H38Si. The van der Waals surface area contributed by atoms with Crippen molar-refractivity contribution < 1.29 is 0 Å². The second kappa shape index (κ2) is 7.93. The second-order valence-electron chi connectivity index (χ2n) is 9.31. The monoisotopic (exact) mass is 342 g/mol. The van der Waals surface area contributed by atoms with Crippen molar-refractivity contribution in [1.82, 2.24) is 0 Å². The number of hydrogen-bond donors (Lipinski definition) is 0. The van der Waals surface area contributed by atoms with Crippen molar-refractivity contribution in [1.29, 1.82) is 0 Å². The highest BCUT2D eigenvalue weighted by Gasteiger charge is 2.35. The standard InChI is InChI=1S/C23H38Si/c24-21-16-20(17-10-4-1-5-11-17)22(18-12-6-2-7-13-18)23(21)19-14-8-3-9-15-19/h17-19H,1-16H2,24H3. The summed E-state index contributed by atoms with van der Waals surface area (Å²) in [6.07, 6.45) is 24.0. The van der Waals surface area contributed by atoms with E-state index in [4.69, 9.17) is 0 Å². The topological polar surface area (TPSA) is 0 Å². The Balaban J connectivity index is 1.66. The van der Waals surface area contributed by atoms with Crippen LogP contribution >= 0.6 is 0 Å². The lowest BCUT2D eigenvalue weighted by Crippen LogP contribution is -2.19. The Morgan fingerprint density at radius 1 is 0.500 bits per heavy atom. The summed E-state index contributed by atoms with van der Waals surface area (Å²) < 4.78 is 0. The van der Waals surface area contributed by atoms with Crippen LogP contribution < -0.4 is 0 Å². The summed E-state index contributed by atoms with van der Waals surface area (Å²) in [5.74, 6) is 2.89. The lowest BCUT2D eigenvalue weighted by molar-refractivity contribution is 0.362. The smallest absolute Gasteiger partial charge is 0.0341 e. The van der Waals surface area contributed by atoms with Crippen LogP contribution in [0.25, 0.3) is 0 Å². The molecule has 0 bridgehead atoms. The molecule has 0 spiro atoms. The first-order valence-electron chi connectivity index (χ1n) is 11.3. The molecule has 3 fully saturated rings. The molecule has 0 heterocycles. The van der Waals surface area contributed by atoms with E-state index in [2.05, 4.69) is 0 Å². The van der Waals surface area contributed by atoms with Crippen LogP contribution in [-0.2, 0) is 0 Å². The molecule has 4 rings (SSSR count). The molecule has 0 atom stereocenters. The normalized spacial score (nSPS) is 29.0. The van der Waals surface area contributed by atoms with E-state index in [0.717, 1.165) is 17.8 Å². The van der Waals surface area contributed by atoms with Gasteiger partial charge in [-0.3, -0.25) is 0 Å². The largest absolute Gasteiger partial charge is 0.0841 e. The molecule has 134 valence electrons. The summed E-state index contributed by atoms with van der Waals surface area (Å²) in [4.78, 5) is 0. The first kappa shape index (κ1) is 17.1. The molecule has 0 unspecified atom stereocenters. The molecule has 0 aliphatic heterocycles. The van der Waals surface area contributed by atoms with Gasteiger partial charge < -0.3 is 0 Å². The predicted molar refractivity (Wildman–Crippen MR) is 108 cm³/mol. The highest BCUT2D eigenvalue weighted by molar-refractivity contribution is 6.23. The fourth-order valence-electron chi connectivity index (χ4n) is 6.53. The van der Waals surface area contributed by atoms with Gasteiger partial charge in [-0.1, -0.05) is 68.6 Å². The quantitative estimate of drug-likeness (QED) is 0.548. The zero-order chi connectivity index (χ0) is 16.4. The van der Waals surface area contributed by atoms with Gasteiger partial charge in [0.15, 0.2) is 0 Å². The summed E-state index contributed by atoms with van der Waals surface area (Å²) in [5, 5.41) is 1.93. The highest BCUT2D eigenvalue weighted by atomic mass is 28.1. The summed E-state index contributed by atoms with van der Waals surface area (Å²) in [7, 11) is 1.32. The van der Waals surface area contributed by atoms with Crippen molar-refractivity contribution in [3.8, 4) is 0 Å². The van der Waals surface area contributed by atoms with Crippen LogP contribution in [0.5, 0.6) is 0 Å². The van der Waals surface area contributed by atoms with E-state index >= 15 is 0 Å². The van der Waals surface area contributed by atoms with Gasteiger partial charge in [0.1, 0.15) is 0 Å². The summed E-state index contributed by atoms with van der Waals surface area (Å²) in [5.41, 5.74) is 5.97.